The zero-order chi connectivity index (χ0) is 18.9. The van der Waals surface area contributed by atoms with Crippen molar-refractivity contribution in [1.82, 2.24) is 20.4 Å². The minimum atomic E-state index is 0. The van der Waals surface area contributed by atoms with Gasteiger partial charge in [-0.2, -0.15) is 5.10 Å². The number of hydrogen-bond acceptors (Lipinski definition) is 3. The third-order valence-corrected chi connectivity index (χ3v) is 4.25. The summed E-state index contributed by atoms with van der Waals surface area (Å²) in [6, 6.07) is 10.6. The number of nitrogens with zero attached hydrogens (tertiary/aromatic N) is 3. The summed E-state index contributed by atoms with van der Waals surface area (Å²) in [6.45, 7) is 11.1. The van der Waals surface area contributed by atoms with Crippen LogP contribution < -0.4 is 10.6 Å². The third-order valence-electron chi connectivity index (χ3n) is 4.25. The highest BCUT2D eigenvalue weighted by Crippen LogP contribution is 2.16. The normalized spacial score (nSPS) is 12.4. The Morgan fingerprint density at radius 2 is 1.96 bits per heavy atom. The van der Waals surface area contributed by atoms with Crippen LogP contribution in [-0.4, -0.2) is 42.0 Å². The third kappa shape index (κ3) is 7.14. The molecule has 2 aromatic rings. The van der Waals surface area contributed by atoms with Gasteiger partial charge in [0.2, 0.25) is 0 Å². The molecule has 150 valence electrons. The first-order valence-corrected chi connectivity index (χ1v) is 9.15. The number of nitrogens with one attached hydrogen (secondary N) is 2. The highest BCUT2D eigenvalue weighted by molar-refractivity contribution is 14.0. The Kier molecular flexibility index (Phi) is 10.4. The minimum absolute atomic E-state index is 0. The molecule has 0 saturated carbocycles. The average molecular weight is 485 g/mol. The number of aliphatic imine (C=N–C) groups is 1. The van der Waals surface area contributed by atoms with E-state index in [2.05, 4.69) is 60.4 Å². The minimum Gasteiger partial charge on any atom is -0.383 e. The van der Waals surface area contributed by atoms with E-state index in [1.54, 1.807) is 7.11 Å². The Bertz CT molecular complexity index is 715. The van der Waals surface area contributed by atoms with Crippen molar-refractivity contribution in [2.45, 2.75) is 46.8 Å². The lowest BCUT2D eigenvalue weighted by atomic mass is 10.2. The zero-order valence-electron chi connectivity index (χ0n) is 17.0. The number of halogens is 1. The summed E-state index contributed by atoms with van der Waals surface area (Å²) in [5, 5.41) is 11.4. The predicted molar refractivity (Wildman–Crippen MR) is 122 cm³/mol. The largest absolute Gasteiger partial charge is 0.383 e. The lowest BCUT2D eigenvalue weighted by Gasteiger charge is -2.17. The lowest BCUT2D eigenvalue weighted by Crippen LogP contribution is -2.43. The van der Waals surface area contributed by atoms with E-state index >= 15 is 0 Å². The molecule has 0 spiro atoms. The Morgan fingerprint density at radius 3 is 2.59 bits per heavy atom. The quantitative estimate of drug-likeness (QED) is 0.343. The molecule has 0 saturated heterocycles. The van der Waals surface area contributed by atoms with Crippen molar-refractivity contribution in [1.29, 1.82) is 0 Å². The smallest absolute Gasteiger partial charge is 0.191 e. The summed E-state index contributed by atoms with van der Waals surface area (Å²) >= 11 is 0. The van der Waals surface area contributed by atoms with Gasteiger partial charge in [0, 0.05) is 31.0 Å². The van der Waals surface area contributed by atoms with E-state index in [9.17, 15) is 0 Å². The highest BCUT2D eigenvalue weighted by atomic mass is 127. The summed E-state index contributed by atoms with van der Waals surface area (Å²) in [4.78, 5) is 4.73. The molecule has 2 rings (SSSR count). The second-order valence-corrected chi connectivity index (χ2v) is 6.49. The van der Waals surface area contributed by atoms with Gasteiger partial charge in [0.25, 0.3) is 0 Å². The van der Waals surface area contributed by atoms with Crippen molar-refractivity contribution in [3.63, 3.8) is 0 Å². The first kappa shape index (κ1) is 23.4. The van der Waals surface area contributed by atoms with Crippen molar-refractivity contribution < 1.29 is 4.74 Å². The maximum atomic E-state index is 5.18. The van der Waals surface area contributed by atoms with E-state index in [0.717, 1.165) is 30.4 Å². The Hall–Kier alpha value is -1.61. The van der Waals surface area contributed by atoms with Crippen LogP contribution in [0.3, 0.4) is 0 Å². The van der Waals surface area contributed by atoms with Crippen LogP contribution in [-0.2, 0) is 17.8 Å². The average Bonchev–Trinajstić information content (AvgIpc) is 2.87. The van der Waals surface area contributed by atoms with E-state index in [1.807, 2.05) is 13.0 Å². The van der Waals surface area contributed by atoms with Crippen molar-refractivity contribution in [2.24, 2.45) is 4.99 Å². The van der Waals surface area contributed by atoms with Crippen LogP contribution in [0.25, 0.3) is 0 Å². The zero-order valence-corrected chi connectivity index (χ0v) is 19.3. The highest BCUT2D eigenvalue weighted by Gasteiger charge is 2.12. The van der Waals surface area contributed by atoms with Gasteiger partial charge in [0.1, 0.15) is 0 Å². The fourth-order valence-corrected chi connectivity index (χ4v) is 2.88. The number of hydrogen-bond donors (Lipinski definition) is 2. The van der Waals surface area contributed by atoms with Crippen LogP contribution in [0.1, 0.15) is 36.4 Å². The van der Waals surface area contributed by atoms with Gasteiger partial charge in [0.15, 0.2) is 5.96 Å². The molecule has 1 atom stereocenters. The van der Waals surface area contributed by atoms with Gasteiger partial charge in [-0.1, -0.05) is 30.3 Å². The van der Waals surface area contributed by atoms with Crippen LogP contribution in [0.5, 0.6) is 0 Å². The lowest BCUT2D eigenvalue weighted by molar-refractivity contribution is 0.179. The molecule has 0 aliphatic heterocycles. The van der Waals surface area contributed by atoms with E-state index in [4.69, 9.17) is 14.8 Å². The summed E-state index contributed by atoms with van der Waals surface area (Å²) in [7, 11) is 1.70. The molecule has 1 aromatic heterocycles. The number of aromatic nitrogens is 2. The second kappa shape index (κ2) is 12.0. The number of rotatable bonds is 8. The molecule has 0 bridgehead atoms. The Labute approximate surface area is 179 Å². The van der Waals surface area contributed by atoms with Crippen LogP contribution in [0.15, 0.2) is 35.3 Å². The molecule has 0 aliphatic carbocycles. The number of benzene rings is 1. The molecule has 0 fully saturated rings. The summed E-state index contributed by atoms with van der Waals surface area (Å²) in [5.41, 5.74) is 4.62. The number of ether oxygens (including phenoxy) is 1. The summed E-state index contributed by atoms with van der Waals surface area (Å²) < 4.78 is 7.24. The molecule has 0 amide bonds. The van der Waals surface area contributed by atoms with Crippen molar-refractivity contribution in [2.75, 3.05) is 20.3 Å². The van der Waals surface area contributed by atoms with Crippen LogP contribution in [0.4, 0.5) is 0 Å². The predicted octanol–water partition coefficient (Wildman–Crippen LogP) is 3.26. The molecular weight excluding hydrogens is 453 g/mol. The molecule has 1 heterocycles. The standard InChI is InChI=1S/C20H31N5O.HI/c1-6-21-20(23-15(2)14-26-5)22-12-19-16(3)24-25(17(19)4)13-18-10-8-7-9-11-18;/h7-11,15H,6,12-14H2,1-5H3,(H2,21,22,23);1H. The Balaban J connectivity index is 0.00000364. The topological polar surface area (TPSA) is 63.5 Å². The fourth-order valence-electron chi connectivity index (χ4n) is 2.88. The first-order chi connectivity index (χ1) is 12.5. The van der Waals surface area contributed by atoms with Gasteiger partial charge in [-0.3, -0.25) is 4.68 Å². The Morgan fingerprint density at radius 1 is 1.26 bits per heavy atom. The van der Waals surface area contributed by atoms with Gasteiger partial charge < -0.3 is 15.4 Å². The van der Waals surface area contributed by atoms with Gasteiger partial charge in [0.05, 0.1) is 25.4 Å². The molecule has 6 nitrogen and oxygen atoms in total. The van der Waals surface area contributed by atoms with Crippen LogP contribution in [0.2, 0.25) is 0 Å². The van der Waals surface area contributed by atoms with Crippen LogP contribution >= 0.6 is 24.0 Å². The maximum absolute atomic E-state index is 5.18. The fraction of sp³-hybridized carbons (Fsp3) is 0.500. The van der Waals surface area contributed by atoms with Crippen molar-refractivity contribution >= 4 is 29.9 Å². The van der Waals surface area contributed by atoms with E-state index in [-0.39, 0.29) is 30.0 Å². The number of aryl methyl sites for hydroxylation is 1. The molecule has 2 N–H and O–H groups in total. The second-order valence-electron chi connectivity index (χ2n) is 6.49. The van der Waals surface area contributed by atoms with Crippen molar-refractivity contribution in [3.8, 4) is 0 Å². The number of guanidine groups is 1. The van der Waals surface area contributed by atoms with Gasteiger partial charge in [-0.05, 0) is 33.3 Å². The van der Waals surface area contributed by atoms with Gasteiger partial charge in [-0.25, -0.2) is 4.99 Å². The van der Waals surface area contributed by atoms with Gasteiger partial charge in [-0.15, -0.1) is 24.0 Å². The summed E-state index contributed by atoms with van der Waals surface area (Å²) in [6.07, 6.45) is 0. The molecule has 1 aromatic carbocycles. The number of methoxy groups -OCH3 is 1. The molecule has 0 aliphatic rings. The van der Waals surface area contributed by atoms with E-state index < -0.39 is 0 Å². The van der Waals surface area contributed by atoms with Crippen molar-refractivity contribution in [3.05, 3.63) is 52.8 Å². The molecule has 0 radical (unpaired) electrons. The van der Waals surface area contributed by atoms with E-state index in [1.165, 1.54) is 11.1 Å². The monoisotopic (exact) mass is 485 g/mol. The SMILES string of the molecule is CCNC(=NCc1c(C)nn(Cc2ccccc2)c1C)NC(C)COC.I. The first-order valence-electron chi connectivity index (χ1n) is 9.15. The molecule has 27 heavy (non-hydrogen) atoms. The maximum Gasteiger partial charge on any atom is 0.191 e. The van der Waals surface area contributed by atoms with E-state index in [0.29, 0.717) is 13.2 Å². The van der Waals surface area contributed by atoms with Crippen LogP contribution in [0, 0.1) is 13.8 Å². The molecular formula is C20H32IN5O. The van der Waals surface area contributed by atoms with Gasteiger partial charge >= 0.3 is 0 Å². The molecule has 7 heteroatoms. The summed E-state index contributed by atoms with van der Waals surface area (Å²) in [5.74, 6) is 0.798. The molecule has 1 unspecified atom stereocenters.